The molecule has 0 saturated carbocycles. The first-order valence-electron chi connectivity index (χ1n) is 7.47. The monoisotopic (exact) mass is 355 g/mol. The molecule has 0 bridgehead atoms. The fraction of sp³-hybridized carbons (Fsp3) is 0.400. The highest BCUT2D eigenvalue weighted by Crippen LogP contribution is 2.15. The molecule has 24 heavy (non-hydrogen) atoms. The highest BCUT2D eigenvalue weighted by molar-refractivity contribution is 7.90. The van der Waals surface area contributed by atoms with Crippen LogP contribution in [0.4, 0.5) is 4.39 Å². The summed E-state index contributed by atoms with van der Waals surface area (Å²) in [5, 5.41) is 9.41. The van der Waals surface area contributed by atoms with Crippen LogP contribution >= 0.6 is 0 Å². The van der Waals surface area contributed by atoms with E-state index in [4.69, 9.17) is 4.42 Å². The summed E-state index contributed by atoms with van der Waals surface area (Å²) in [6.45, 7) is 2.19. The summed E-state index contributed by atoms with van der Waals surface area (Å²) < 4.78 is 42.4. The van der Waals surface area contributed by atoms with Crippen LogP contribution in [0, 0.1) is 5.82 Å². The van der Waals surface area contributed by atoms with Gasteiger partial charge in [0.05, 0.1) is 5.75 Å². The first-order chi connectivity index (χ1) is 11.4. The second-order valence-corrected chi connectivity index (χ2v) is 7.06. The number of carbonyl (C=O) groups is 1. The molecule has 0 aliphatic rings. The molecule has 0 fully saturated rings. The lowest BCUT2D eigenvalue weighted by molar-refractivity contribution is -0.121. The van der Waals surface area contributed by atoms with Crippen molar-refractivity contribution in [3.8, 4) is 0 Å². The van der Waals surface area contributed by atoms with Crippen molar-refractivity contribution < 1.29 is 22.0 Å². The zero-order chi connectivity index (χ0) is 17.6. The van der Waals surface area contributed by atoms with Crippen LogP contribution in [0.1, 0.15) is 31.2 Å². The number of hydrogen-bond donors (Lipinski definition) is 1. The summed E-state index contributed by atoms with van der Waals surface area (Å²) >= 11 is 0. The average molecular weight is 355 g/mol. The first-order valence-corrected chi connectivity index (χ1v) is 9.12. The normalized spacial score (nSPS) is 11.4. The smallest absolute Gasteiger partial charge is 0.335 e. The number of nitrogens with zero attached hydrogens (tertiary/aromatic N) is 2. The van der Waals surface area contributed by atoms with Gasteiger partial charge in [-0.25, -0.2) is 12.8 Å². The molecule has 7 nitrogen and oxygen atoms in total. The van der Waals surface area contributed by atoms with E-state index in [9.17, 15) is 17.6 Å². The molecule has 1 heterocycles. The molecule has 0 radical (unpaired) electrons. The Morgan fingerprint density at radius 2 is 1.96 bits per heavy atom. The predicted molar refractivity (Wildman–Crippen MR) is 83.2 cm³/mol. The van der Waals surface area contributed by atoms with Gasteiger partial charge in [0, 0.05) is 19.4 Å². The maximum Gasteiger partial charge on any atom is 0.335 e. The Bertz CT molecular complexity index is 787. The van der Waals surface area contributed by atoms with E-state index in [0.29, 0.717) is 18.5 Å². The molecule has 1 aromatic carbocycles. The first kappa shape index (κ1) is 18.1. The summed E-state index contributed by atoms with van der Waals surface area (Å²) in [6.07, 6.45) is 1.42. The SMILES string of the molecule is CCCC(=O)NCCc1nnc(S(=O)(=O)Cc2ccc(F)cc2)o1. The molecule has 130 valence electrons. The molecule has 0 atom stereocenters. The number of benzene rings is 1. The fourth-order valence-electron chi connectivity index (χ4n) is 1.95. The van der Waals surface area contributed by atoms with Gasteiger partial charge in [-0.15, -0.1) is 5.10 Å². The van der Waals surface area contributed by atoms with E-state index >= 15 is 0 Å². The van der Waals surface area contributed by atoms with Crippen LogP contribution in [0.5, 0.6) is 0 Å². The van der Waals surface area contributed by atoms with Crippen LogP contribution in [-0.4, -0.2) is 31.1 Å². The zero-order valence-corrected chi connectivity index (χ0v) is 14.0. The molecular weight excluding hydrogens is 337 g/mol. The van der Waals surface area contributed by atoms with Gasteiger partial charge in [0.1, 0.15) is 5.82 Å². The lowest BCUT2D eigenvalue weighted by atomic mass is 10.2. The minimum Gasteiger partial charge on any atom is -0.412 e. The molecule has 0 unspecified atom stereocenters. The summed E-state index contributed by atoms with van der Waals surface area (Å²) in [5.41, 5.74) is 0.419. The zero-order valence-electron chi connectivity index (χ0n) is 13.2. The Morgan fingerprint density at radius 1 is 1.25 bits per heavy atom. The van der Waals surface area contributed by atoms with Crippen LogP contribution in [0.15, 0.2) is 33.9 Å². The van der Waals surface area contributed by atoms with Crippen molar-refractivity contribution in [2.24, 2.45) is 0 Å². The topological polar surface area (TPSA) is 102 Å². The van der Waals surface area contributed by atoms with Crippen molar-refractivity contribution in [1.82, 2.24) is 15.5 Å². The number of rotatable bonds is 8. The van der Waals surface area contributed by atoms with E-state index in [-0.39, 0.29) is 24.0 Å². The average Bonchev–Trinajstić information content (AvgIpc) is 2.99. The summed E-state index contributed by atoms with van der Waals surface area (Å²) in [6, 6.07) is 5.13. The maximum absolute atomic E-state index is 12.8. The van der Waals surface area contributed by atoms with Gasteiger partial charge in [0.15, 0.2) is 0 Å². The lowest BCUT2D eigenvalue weighted by Crippen LogP contribution is -2.25. The molecule has 1 aromatic heterocycles. The van der Waals surface area contributed by atoms with Gasteiger partial charge < -0.3 is 9.73 Å². The summed E-state index contributed by atoms with van der Waals surface area (Å²) in [7, 11) is -3.81. The molecule has 1 N–H and O–H groups in total. The third kappa shape index (κ3) is 5.12. The Balaban J connectivity index is 1.95. The van der Waals surface area contributed by atoms with Gasteiger partial charge in [0.2, 0.25) is 21.6 Å². The third-order valence-electron chi connectivity index (χ3n) is 3.12. The number of hydrogen-bond acceptors (Lipinski definition) is 6. The van der Waals surface area contributed by atoms with Gasteiger partial charge >= 0.3 is 5.22 Å². The van der Waals surface area contributed by atoms with Crippen LogP contribution in [0.3, 0.4) is 0 Å². The number of aromatic nitrogens is 2. The van der Waals surface area contributed by atoms with Crippen molar-refractivity contribution in [2.75, 3.05) is 6.54 Å². The van der Waals surface area contributed by atoms with E-state index in [1.165, 1.54) is 24.3 Å². The van der Waals surface area contributed by atoms with Crippen LogP contribution < -0.4 is 5.32 Å². The van der Waals surface area contributed by atoms with Crippen LogP contribution in [0.2, 0.25) is 0 Å². The Hall–Kier alpha value is -2.29. The van der Waals surface area contributed by atoms with E-state index in [2.05, 4.69) is 15.5 Å². The van der Waals surface area contributed by atoms with Crippen LogP contribution in [-0.2, 0) is 26.8 Å². The number of carbonyl (C=O) groups excluding carboxylic acids is 1. The molecule has 0 saturated heterocycles. The number of sulfone groups is 1. The second-order valence-electron chi connectivity index (χ2n) is 5.20. The number of amides is 1. The van der Waals surface area contributed by atoms with E-state index in [1.807, 2.05) is 6.92 Å². The largest absolute Gasteiger partial charge is 0.412 e. The van der Waals surface area contributed by atoms with Gasteiger partial charge in [-0.3, -0.25) is 4.79 Å². The molecule has 0 aliphatic carbocycles. The van der Waals surface area contributed by atoms with Gasteiger partial charge in [0.25, 0.3) is 0 Å². The fourth-order valence-corrected chi connectivity index (χ4v) is 3.09. The van der Waals surface area contributed by atoms with E-state index in [1.54, 1.807) is 0 Å². The highest BCUT2D eigenvalue weighted by atomic mass is 32.2. The van der Waals surface area contributed by atoms with Gasteiger partial charge in [-0.2, -0.15) is 0 Å². The molecule has 2 aromatic rings. The molecule has 9 heteroatoms. The van der Waals surface area contributed by atoms with Crippen molar-refractivity contribution in [3.63, 3.8) is 0 Å². The highest BCUT2D eigenvalue weighted by Gasteiger charge is 2.23. The molecule has 1 amide bonds. The molecule has 2 rings (SSSR count). The van der Waals surface area contributed by atoms with Crippen molar-refractivity contribution in [2.45, 2.75) is 37.2 Å². The van der Waals surface area contributed by atoms with Gasteiger partial charge in [-0.05, 0) is 24.1 Å². The lowest BCUT2D eigenvalue weighted by Gasteiger charge is -2.01. The number of halogens is 1. The standard InChI is InChI=1S/C15H18FN3O4S/c1-2-3-13(20)17-9-8-14-18-19-15(23-14)24(21,22)10-11-4-6-12(16)7-5-11/h4-7H,2-3,8-10H2,1H3,(H,17,20). The maximum atomic E-state index is 12.8. The van der Waals surface area contributed by atoms with Gasteiger partial charge in [-0.1, -0.05) is 24.2 Å². The Labute approximate surface area is 139 Å². The molecule has 0 aliphatic heterocycles. The summed E-state index contributed by atoms with van der Waals surface area (Å²) in [4.78, 5) is 11.3. The van der Waals surface area contributed by atoms with Crippen molar-refractivity contribution >= 4 is 15.7 Å². The minimum absolute atomic E-state index is 0.0822. The van der Waals surface area contributed by atoms with Crippen molar-refractivity contribution in [3.05, 3.63) is 41.5 Å². The minimum atomic E-state index is -3.81. The van der Waals surface area contributed by atoms with E-state index < -0.39 is 20.9 Å². The quantitative estimate of drug-likeness (QED) is 0.772. The number of nitrogens with one attached hydrogen (secondary N) is 1. The predicted octanol–water partition coefficient (Wildman–Crippen LogP) is 1.64. The summed E-state index contributed by atoms with van der Waals surface area (Å²) in [5.74, 6) is -0.755. The van der Waals surface area contributed by atoms with Crippen LogP contribution in [0.25, 0.3) is 0 Å². The molecule has 0 spiro atoms. The van der Waals surface area contributed by atoms with Crippen molar-refractivity contribution in [1.29, 1.82) is 0 Å². The molecular formula is C15H18FN3O4S. The second kappa shape index (κ2) is 8.00. The van der Waals surface area contributed by atoms with E-state index in [0.717, 1.165) is 6.42 Å². The Morgan fingerprint density at radius 3 is 2.62 bits per heavy atom. The third-order valence-corrected chi connectivity index (χ3v) is 4.53. The Kier molecular flexibility index (Phi) is 6.02.